The van der Waals surface area contributed by atoms with Gasteiger partial charge in [-0.3, -0.25) is 13.9 Å². The molecule has 0 atom stereocenters. The summed E-state index contributed by atoms with van der Waals surface area (Å²) in [6.45, 7) is 3.49. The number of hydrogen-bond acceptors (Lipinski definition) is 6. The molecule has 2 aliphatic rings. The lowest BCUT2D eigenvalue weighted by atomic mass is 9.96. The van der Waals surface area contributed by atoms with Crippen LogP contribution in [0.4, 0.5) is 5.69 Å². The molecule has 2 aromatic heterocycles. The second-order valence-electron chi connectivity index (χ2n) is 15.6. The van der Waals surface area contributed by atoms with E-state index in [0.29, 0.717) is 35.4 Å². The van der Waals surface area contributed by atoms with Gasteiger partial charge < -0.3 is 10.0 Å². The van der Waals surface area contributed by atoms with Crippen LogP contribution < -0.4 is 20.7 Å². The molecule has 3 heterocycles. The van der Waals surface area contributed by atoms with Gasteiger partial charge in [-0.15, -0.1) is 0 Å². The Hall–Kier alpha value is -6.82. The van der Waals surface area contributed by atoms with Crippen molar-refractivity contribution in [3.05, 3.63) is 194 Å². The van der Waals surface area contributed by atoms with Crippen molar-refractivity contribution in [1.29, 1.82) is 0 Å². The number of hydrogen-bond donors (Lipinski definition) is 2. The van der Waals surface area contributed by atoms with Crippen LogP contribution in [-0.2, 0) is 23.7 Å². The first kappa shape index (κ1) is 41.9. The zero-order valence-electron chi connectivity index (χ0n) is 34.8. The third-order valence-corrected chi connectivity index (χ3v) is 12.4. The minimum Gasteiger partial charge on any atom is -0.494 e. The van der Waals surface area contributed by atoms with E-state index in [1.807, 2.05) is 97.1 Å². The third-order valence-electron chi connectivity index (χ3n) is 11.5. The van der Waals surface area contributed by atoms with Crippen LogP contribution in [0.25, 0.3) is 45.5 Å². The average molecular weight is 846 g/mol. The number of anilines is 1. The van der Waals surface area contributed by atoms with Crippen LogP contribution in [0.3, 0.4) is 0 Å². The molecular formula is C51H49N4O6S+. The predicted molar refractivity (Wildman–Crippen MR) is 249 cm³/mol. The number of unbranched alkanes of at least 4 members (excludes halogenated alkanes) is 3. The number of benzene rings is 4. The molecule has 10 nitrogen and oxygen atoms in total. The largest absolute Gasteiger partial charge is 0.494 e. The summed E-state index contributed by atoms with van der Waals surface area (Å²) >= 11 is 0. The number of rotatable bonds is 14. The van der Waals surface area contributed by atoms with Crippen molar-refractivity contribution >= 4 is 55.6 Å². The number of allylic oxidation sites excluding steroid dienone is 7. The molecule has 0 amide bonds. The second-order valence-corrected chi connectivity index (χ2v) is 17.1. The lowest BCUT2D eigenvalue weighted by Gasteiger charge is -2.30. The lowest BCUT2D eigenvalue weighted by molar-refractivity contribution is -0.673. The predicted octanol–water partition coefficient (Wildman–Crippen LogP) is 8.98. The molecule has 11 heteroatoms. The number of aromatic hydroxyl groups is 1. The molecule has 0 fully saturated rings. The number of pyridine rings is 1. The van der Waals surface area contributed by atoms with Crippen LogP contribution in [0, 0.1) is 0 Å². The highest BCUT2D eigenvalue weighted by Gasteiger charge is 2.32. The van der Waals surface area contributed by atoms with Gasteiger partial charge in [-0.05, 0) is 95.7 Å². The van der Waals surface area contributed by atoms with Crippen molar-refractivity contribution in [3.63, 3.8) is 0 Å². The quantitative estimate of drug-likeness (QED) is 0.0637. The Balaban J connectivity index is 1.35. The monoisotopic (exact) mass is 845 g/mol. The van der Waals surface area contributed by atoms with Crippen LogP contribution in [0.1, 0.15) is 67.0 Å². The summed E-state index contributed by atoms with van der Waals surface area (Å²) in [6, 6.07) is 37.2. The van der Waals surface area contributed by atoms with E-state index in [1.165, 1.54) is 11.6 Å². The zero-order valence-corrected chi connectivity index (χ0v) is 35.6. The number of para-hydroxylation sites is 3. The number of aromatic nitrogens is 3. The fraction of sp³-hybridized carbons (Fsp3) is 0.196. The molecule has 0 saturated heterocycles. The van der Waals surface area contributed by atoms with Crippen molar-refractivity contribution in [1.82, 2.24) is 9.13 Å². The zero-order chi connectivity index (χ0) is 43.4. The van der Waals surface area contributed by atoms with Gasteiger partial charge in [-0.1, -0.05) is 98.3 Å². The minimum absolute atomic E-state index is 0.0163. The molecule has 62 heavy (non-hydrogen) atoms. The maximum Gasteiger partial charge on any atom is 0.338 e. The Kier molecular flexibility index (Phi) is 12.2. The van der Waals surface area contributed by atoms with Crippen molar-refractivity contribution in [2.45, 2.75) is 45.6 Å². The van der Waals surface area contributed by atoms with E-state index in [9.17, 15) is 27.7 Å². The van der Waals surface area contributed by atoms with Gasteiger partial charge in [0.25, 0.3) is 15.7 Å². The van der Waals surface area contributed by atoms with E-state index in [0.717, 1.165) is 75.0 Å². The van der Waals surface area contributed by atoms with Crippen molar-refractivity contribution in [3.8, 4) is 11.6 Å². The maximum atomic E-state index is 14.6. The van der Waals surface area contributed by atoms with Gasteiger partial charge in [0.1, 0.15) is 12.1 Å². The molecule has 1 aliphatic heterocycles. The summed E-state index contributed by atoms with van der Waals surface area (Å²) in [4.78, 5) is 30.5. The van der Waals surface area contributed by atoms with E-state index < -0.39 is 27.2 Å². The second kappa shape index (κ2) is 18.0. The van der Waals surface area contributed by atoms with Gasteiger partial charge in [-0.25, -0.2) is 9.36 Å². The average Bonchev–Trinajstić information content (AvgIpc) is 3.58. The number of nitrogens with zero attached hydrogens (tertiary/aromatic N) is 4. The van der Waals surface area contributed by atoms with E-state index in [1.54, 1.807) is 24.3 Å². The summed E-state index contributed by atoms with van der Waals surface area (Å²) in [5.41, 5.74) is 7.48. The molecule has 4 aromatic carbocycles. The maximum absolute atomic E-state index is 14.6. The van der Waals surface area contributed by atoms with Gasteiger partial charge in [0, 0.05) is 60.6 Å². The van der Waals surface area contributed by atoms with Crippen LogP contribution in [0.2, 0.25) is 0 Å². The Morgan fingerprint density at radius 1 is 0.742 bits per heavy atom. The number of aryl methyl sites for hydroxylation is 1. The molecule has 1 aliphatic carbocycles. The SMILES string of the molecule is CCCCC[n+]1c(/C=C/C2=C(c3c(O)n(-c4ccccc4)c(=O)n(C)c3=O)C(=C/C=C3\C=Cc4ccccc4N3CCCCS(=O)(=O)O)/c3ccccc32)ccc2ccccc21. The van der Waals surface area contributed by atoms with Gasteiger partial charge in [0.05, 0.1) is 11.4 Å². The first-order chi connectivity index (χ1) is 30.1. The van der Waals surface area contributed by atoms with E-state index in [-0.39, 0.29) is 17.7 Å². The van der Waals surface area contributed by atoms with Gasteiger partial charge in [-0.2, -0.15) is 13.0 Å². The molecule has 0 bridgehead atoms. The van der Waals surface area contributed by atoms with Crippen molar-refractivity contribution in [2.75, 3.05) is 17.2 Å². The molecule has 314 valence electrons. The Labute approximate surface area is 361 Å². The summed E-state index contributed by atoms with van der Waals surface area (Å²) in [6.07, 6.45) is 16.0. The highest BCUT2D eigenvalue weighted by molar-refractivity contribution is 7.85. The van der Waals surface area contributed by atoms with Crippen LogP contribution in [0.5, 0.6) is 5.88 Å². The standard InChI is InChI=1S/C51H48N4O6S/c1-3-4-14-33-53-38(27-25-36-17-8-12-23-45(36)53)29-31-43-41-21-10-11-22-42(41)44(47(43)48-49(56)52(2)51(58)55(50(48)57)40-19-6-5-7-20-40)32-30-39-28-26-37-18-9-13-24-46(37)54(39)34-15-16-35-62(59,60)61/h5-13,17-32H,3-4,14-16,33-35H2,1-2H3,(H,59,60,61)/p+1/b39-30+,44-32+. The van der Waals surface area contributed by atoms with Crippen molar-refractivity contribution in [2.24, 2.45) is 7.05 Å². The molecule has 8 rings (SSSR count). The smallest absolute Gasteiger partial charge is 0.338 e. The molecule has 0 unspecified atom stereocenters. The normalized spacial score (nSPS) is 15.0. The topological polar surface area (TPSA) is 126 Å². The molecular weight excluding hydrogens is 797 g/mol. The van der Waals surface area contributed by atoms with Crippen LogP contribution in [0.15, 0.2) is 155 Å². The van der Waals surface area contributed by atoms with Crippen molar-refractivity contribution < 1.29 is 22.6 Å². The van der Waals surface area contributed by atoms with E-state index in [4.69, 9.17) is 0 Å². The van der Waals surface area contributed by atoms with E-state index in [2.05, 4.69) is 46.7 Å². The Morgan fingerprint density at radius 2 is 1.47 bits per heavy atom. The minimum atomic E-state index is -4.10. The molecule has 0 radical (unpaired) electrons. The summed E-state index contributed by atoms with van der Waals surface area (Å²) in [5.74, 6) is -0.798. The van der Waals surface area contributed by atoms with Gasteiger partial charge in [0.15, 0.2) is 0 Å². The van der Waals surface area contributed by atoms with E-state index >= 15 is 0 Å². The fourth-order valence-corrected chi connectivity index (χ4v) is 9.04. The summed E-state index contributed by atoms with van der Waals surface area (Å²) < 4.78 is 37.0. The Bertz CT molecular complexity index is 3080. The fourth-order valence-electron chi connectivity index (χ4n) is 8.47. The first-order valence-electron chi connectivity index (χ1n) is 21.0. The van der Waals surface area contributed by atoms with Gasteiger partial charge >= 0.3 is 5.69 Å². The van der Waals surface area contributed by atoms with Crippen LogP contribution >= 0.6 is 0 Å². The lowest BCUT2D eigenvalue weighted by Crippen LogP contribution is -2.39. The summed E-state index contributed by atoms with van der Waals surface area (Å²) in [5, 5.41) is 13.4. The summed E-state index contributed by atoms with van der Waals surface area (Å²) in [7, 11) is -2.67. The molecule has 2 N–H and O–H groups in total. The van der Waals surface area contributed by atoms with Crippen LogP contribution in [-0.4, -0.2) is 39.5 Å². The third kappa shape index (κ3) is 8.41. The Morgan fingerprint density at radius 3 is 2.26 bits per heavy atom. The highest BCUT2D eigenvalue weighted by atomic mass is 32.2. The molecule has 6 aromatic rings. The van der Waals surface area contributed by atoms with Gasteiger partial charge in [0.2, 0.25) is 17.1 Å². The number of fused-ring (bicyclic) bond motifs is 3. The molecule has 0 saturated carbocycles. The molecule has 0 spiro atoms. The highest BCUT2D eigenvalue weighted by Crippen LogP contribution is 2.48. The first-order valence-corrected chi connectivity index (χ1v) is 22.6.